The van der Waals surface area contributed by atoms with Crippen LogP contribution in [-0.2, 0) is 14.3 Å². The van der Waals surface area contributed by atoms with E-state index in [1.165, 1.54) is 25.6 Å². The van der Waals surface area contributed by atoms with E-state index in [2.05, 4.69) is 5.32 Å². The normalized spacial score (nSPS) is 12.1. The number of nitrogens with two attached hydrogens (primary N) is 1. The predicted molar refractivity (Wildman–Crippen MR) is 81.6 cm³/mol. The molecular formula is C14H16N2O4S. The van der Waals surface area contributed by atoms with E-state index in [4.69, 9.17) is 15.2 Å². The molecule has 2 rings (SSSR count). The standard InChI is InChI=1S/C14H16N2O4S/c1-19-9(7-15)13(17)16-11-8-5-3-4-6-10(8)21-12(11)14(18)20-2/h3-6,9H,7,15H2,1-2H3,(H,16,17). The lowest BCUT2D eigenvalue weighted by Gasteiger charge is -2.13. The van der Waals surface area contributed by atoms with E-state index >= 15 is 0 Å². The fourth-order valence-electron chi connectivity index (χ4n) is 1.92. The number of anilines is 1. The molecule has 0 aliphatic carbocycles. The third-order valence-electron chi connectivity index (χ3n) is 3.01. The maximum Gasteiger partial charge on any atom is 0.350 e. The summed E-state index contributed by atoms with van der Waals surface area (Å²) in [5, 5.41) is 3.50. The van der Waals surface area contributed by atoms with Crippen molar-refractivity contribution in [2.24, 2.45) is 5.73 Å². The Labute approximate surface area is 125 Å². The van der Waals surface area contributed by atoms with Crippen molar-refractivity contribution in [1.29, 1.82) is 0 Å². The van der Waals surface area contributed by atoms with E-state index in [0.29, 0.717) is 10.6 Å². The van der Waals surface area contributed by atoms with E-state index in [9.17, 15) is 9.59 Å². The topological polar surface area (TPSA) is 90.7 Å². The smallest absolute Gasteiger partial charge is 0.350 e. The van der Waals surface area contributed by atoms with E-state index < -0.39 is 18.0 Å². The molecule has 1 unspecified atom stereocenters. The zero-order valence-electron chi connectivity index (χ0n) is 11.7. The van der Waals surface area contributed by atoms with Crippen molar-refractivity contribution in [2.45, 2.75) is 6.10 Å². The van der Waals surface area contributed by atoms with Crippen LogP contribution in [0.3, 0.4) is 0 Å². The number of ether oxygens (including phenoxy) is 2. The summed E-state index contributed by atoms with van der Waals surface area (Å²) in [4.78, 5) is 24.3. The van der Waals surface area contributed by atoms with Crippen LogP contribution in [0.2, 0.25) is 0 Å². The summed E-state index contributed by atoms with van der Waals surface area (Å²) in [7, 11) is 2.71. The van der Waals surface area contributed by atoms with Gasteiger partial charge in [0.25, 0.3) is 5.91 Å². The average molecular weight is 308 g/mol. The van der Waals surface area contributed by atoms with Gasteiger partial charge in [-0.1, -0.05) is 18.2 Å². The average Bonchev–Trinajstić information content (AvgIpc) is 2.86. The number of rotatable bonds is 5. The first-order valence-electron chi connectivity index (χ1n) is 6.26. The quantitative estimate of drug-likeness (QED) is 0.819. The number of fused-ring (bicyclic) bond motifs is 1. The molecular weight excluding hydrogens is 292 g/mol. The van der Waals surface area contributed by atoms with Gasteiger partial charge in [-0.3, -0.25) is 4.79 Å². The van der Waals surface area contributed by atoms with Crippen LogP contribution >= 0.6 is 11.3 Å². The molecule has 0 aliphatic rings. The molecule has 1 heterocycles. The van der Waals surface area contributed by atoms with Gasteiger partial charge in [0.15, 0.2) is 0 Å². The van der Waals surface area contributed by atoms with Crippen molar-refractivity contribution in [3.63, 3.8) is 0 Å². The summed E-state index contributed by atoms with van der Waals surface area (Å²) in [6.07, 6.45) is -0.769. The van der Waals surface area contributed by atoms with Crippen LogP contribution in [-0.4, -0.2) is 38.7 Å². The monoisotopic (exact) mass is 308 g/mol. The van der Waals surface area contributed by atoms with Crippen LogP contribution < -0.4 is 11.1 Å². The van der Waals surface area contributed by atoms with Gasteiger partial charge in [-0.15, -0.1) is 11.3 Å². The van der Waals surface area contributed by atoms with Gasteiger partial charge in [-0.2, -0.15) is 0 Å². The Morgan fingerprint density at radius 1 is 1.33 bits per heavy atom. The van der Waals surface area contributed by atoms with Crippen molar-refractivity contribution in [3.8, 4) is 0 Å². The summed E-state index contributed by atoms with van der Waals surface area (Å²) >= 11 is 1.26. The Bertz CT molecular complexity index is 664. The van der Waals surface area contributed by atoms with E-state index in [0.717, 1.165) is 10.1 Å². The molecule has 0 spiro atoms. The van der Waals surface area contributed by atoms with Crippen molar-refractivity contribution in [3.05, 3.63) is 29.1 Å². The van der Waals surface area contributed by atoms with E-state index in [1.54, 1.807) is 0 Å². The van der Waals surface area contributed by atoms with Crippen LogP contribution in [0, 0.1) is 0 Å². The lowest BCUT2D eigenvalue weighted by atomic mass is 10.2. The van der Waals surface area contributed by atoms with Crippen molar-refractivity contribution in [1.82, 2.24) is 0 Å². The number of methoxy groups -OCH3 is 2. The number of hydrogen-bond acceptors (Lipinski definition) is 6. The fraction of sp³-hybridized carbons (Fsp3) is 0.286. The molecule has 2 aromatic rings. The van der Waals surface area contributed by atoms with Crippen molar-refractivity contribution in [2.75, 3.05) is 26.1 Å². The van der Waals surface area contributed by atoms with Gasteiger partial charge in [0.2, 0.25) is 0 Å². The lowest BCUT2D eigenvalue weighted by Crippen LogP contribution is -2.36. The summed E-state index contributed by atoms with van der Waals surface area (Å²) in [6, 6.07) is 7.41. The van der Waals surface area contributed by atoms with Gasteiger partial charge >= 0.3 is 5.97 Å². The van der Waals surface area contributed by atoms with E-state index in [-0.39, 0.29) is 6.54 Å². The van der Waals surface area contributed by atoms with E-state index in [1.807, 2.05) is 24.3 Å². The minimum absolute atomic E-state index is 0.0535. The minimum Gasteiger partial charge on any atom is -0.465 e. The lowest BCUT2D eigenvalue weighted by molar-refractivity contribution is -0.125. The molecule has 0 aliphatic heterocycles. The third kappa shape index (κ3) is 3.05. The van der Waals surface area contributed by atoms with Gasteiger partial charge in [0, 0.05) is 23.7 Å². The van der Waals surface area contributed by atoms with Gasteiger partial charge in [0.05, 0.1) is 12.8 Å². The highest BCUT2D eigenvalue weighted by atomic mass is 32.1. The minimum atomic E-state index is -0.769. The molecule has 6 nitrogen and oxygen atoms in total. The largest absolute Gasteiger partial charge is 0.465 e. The Morgan fingerprint density at radius 3 is 2.67 bits per heavy atom. The molecule has 21 heavy (non-hydrogen) atoms. The summed E-state index contributed by atoms with van der Waals surface area (Å²) in [6.45, 7) is 0.0535. The Kier molecular flexibility index (Phi) is 4.89. The molecule has 3 N–H and O–H groups in total. The number of benzene rings is 1. The SMILES string of the molecule is COC(=O)c1sc2ccccc2c1NC(=O)C(CN)OC. The number of thiophene rings is 1. The van der Waals surface area contributed by atoms with Crippen LogP contribution in [0.25, 0.3) is 10.1 Å². The number of hydrogen-bond donors (Lipinski definition) is 2. The highest BCUT2D eigenvalue weighted by Gasteiger charge is 2.23. The second kappa shape index (κ2) is 6.66. The van der Waals surface area contributed by atoms with Crippen LogP contribution in [0.5, 0.6) is 0 Å². The first kappa shape index (κ1) is 15.4. The number of amides is 1. The number of carbonyl (C=O) groups excluding carboxylic acids is 2. The molecule has 1 amide bonds. The van der Waals surface area contributed by atoms with Crippen molar-refractivity contribution >= 4 is 39.0 Å². The van der Waals surface area contributed by atoms with Gasteiger partial charge in [-0.25, -0.2) is 4.79 Å². The maximum atomic E-state index is 12.1. The third-order valence-corrected chi connectivity index (χ3v) is 4.16. The Balaban J connectivity index is 2.45. The van der Waals surface area contributed by atoms with Crippen LogP contribution in [0.15, 0.2) is 24.3 Å². The molecule has 1 aromatic carbocycles. The number of esters is 1. The molecule has 0 saturated carbocycles. The van der Waals surface area contributed by atoms with Gasteiger partial charge in [0.1, 0.15) is 11.0 Å². The molecule has 112 valence electrons. The first-order chi connectivity index (χ1) is 10.1. The summed E-state index contributed by atoms with van der Waals surface area (Å²) < 4.78 is 10.6. The molecule has 0 fully saturated rings. The summed E-state index contributed by atoms with van der Waals surface area (Å²) in [5.41, 5.74) is 5.91. The predicted octanol–water partition coefficient (Wildman–Crippen LogP) is 1.60. The molecule has 0 bridgehead atoms. The Hall–Kier alpha value is -1.96. The van der Waals surface area contributed by atoms with Crippen LogP contribution in [0.1, 0.15) is 9.67 Å². The molecule has 1 atom stereocenters. The van der Waals surface area contributed by atoms with Gasteiger partial charge in [-0.05, 0) is 6.07 Å². The zero-order chi connectivity index (χ0) is 15.4. The molecule has 0 saturated heterocycles. The second-order valence-electron chi connectivity index (χ2n) is 4.24. The highest BCUT2D eigenvalue weighted by Crippen LogP contribution is 2.36. The first-order valence-corrected chi connectivity index (χ1v) is 7.07. The molecule has 1 aromatic heterocycles. The number of nitrogens with one attached hydrogen (secondary N) is 1. The van der Waals surface area contributed by atoms with Gasteiger partial charge < -0.3 is 20.5 Å². The number of carbonyl (C=O) groups is 2. The zero-order valence-corrected chi connectivity index (χ0v) is 12.5. The fourth-order valence-corrected chi connectivity index (χ4v) is 3.00. The second-order valence-corrected chi connectivity index (χ2v) is 5.30. The highest BCUT2D eigenvalue weighted by molar-refractivity contribution is 7.21. The van der Waals surface area contributed by atoms with Crippen LogP contribution in [0.4, 0.5) is 5.69 Å². The molecule has 0 radical (unpaired) electrons. The maximum absolute atomic E-state index is 12.1. The molecule has 7 heteroatoms. The Morgan fingerprint density at radius 2 is 2.05 bits per heavy atom. The summed E-state index contributed by atoms with van der Waals surface area (Å²) in [5.74, 6) is -0.887. The van der Waals surface area contributed by atoms with Crippen molar-refractivity contribution < 1.29 is 19.1 Å².